The molecule has 0 radical (unpaired) electrons. The second-order valence-electron chi connectivity index (χ2n) is 6.06. The van der Waals surface area contributed by atoms with Crippen molar-refractivity contribution in [2.75, 3.05) is 5.73 Å². The summed E-state index contributed by atoms with van der Waals surface area (Å²) < 4.78 is 2.45. The van der Waals surface area contributed by atoms with Crippen molar-refractivity contribution in [3.05, 3.63) is 24.0 Å². The monoisotopic (exact) mass is 243 g/mol. The number of anilines is 1. The normalized spacial score (nSPS) is 18.2. The van der Waals surface area contributed by atoms with Gasteiger partial charge in [0.1, 0.15) is 5.82 Å². The highest BCUT2D eigenvalue weighted by molar-refractivity contribution is 5.80. The molecule has 0 unspecified atom stereocenters. The van der Waals surface area contributed by atoms with Gasteiger partial charge in [-0.15, -0.1) is 0 Å². The number of rotatable bonds is 2. The topological polar surface area (TPSA) is 43.8 Å². The van der Waals surface area contributed by atoms with E-state index in [2.05, 4.69) is 31.4 Å². The van der Waals surface area contributed by atoms with E-state index in [1.54, 1.807) is 0 Å². The maximum Gasteiger partial charge on any atom is 0.112 e. The van der Waals surface area contributed by atoms with E-state index in [1.165, 1.54) is 30.6 Å². The SMILES string of the molecule is CC(C)c1nc2cc(N)ccc2n1C1(C)CCC1. The van der Waals surface area contributed by atoms with Crippen LogP contribution >= 0.6 is 0 Å². The third kappa shape index (κ3) is 1.53. The van der Waals surface area contributed by atoms with Gasteiger partial charge in [-0.3, -0.25) is 0 Å². The fourth-order valence-corrected chi connectivity index (χ4v) is 2.98. The number of hydrogen-bond donors (Lipinski definition) is 1. The van der Waals surface area contributed by atoms with Crippen LogP contribution in [0.2, 0.25) is 0 Å². The highest BCUT2D eigenvalue weighted by Gasteiger charge is 2.37. The number of nitrogens with two attached hydrogens (primary N) is 1. The Morgan fingerprint density at radius 3 is 2.61 bits per heavy atom. The largest absolute Gasteiger partial charge is 0.399 e. The van der Waals surface area contributed by atoms with Crippen LogP contribution in [-0.2, 0) is 5.54 Å². The van der Waals surface area contributed by atoms with Crippen LogP contribution in [0.4, 0.5) is 5.69 Å². The number of nitrogens with zero attached hydrogens (tertiary/aromatic N) is 2. The molecule has 1 aliphatic rings. The molecule has 0 amide bonds. The number of aromatic nitrogens is 2. The average Bonchev–Trinajstić information content (AvgIpc) is 2.64. The van der Waals surface area contributed by atoms with Gasteiger partial charge >= 0.3 is 0 Å². The Hall–Kier alpha value is -1.51. The molecular formula is C15H21N3. The van der Waals surface area contributed by atoms with Gasteiger partial charge < -0.3 is 10.3 Å². The Balaban J connectivity index is 2.28. The average molecular weight is 243 g/mol. The lowest BCUT2D eigenvalue weighted by Gasteiger charge is -2.41. The van der Waals surface area contributed by atoms with Crippen molar-refractivity contribution < 1.29 is 0 Å². The Morgan fingerprint density at radius 1 is 1.33 bits per heavy atom. The Morgan fingerprint density at radius 2 is 2.06 bits per heavy atom. The maximum absolute atomic E-state index is 5.87. The molecule has 2 aromatic rings. The molecule has 0 atom stereocenters. The zero-order chi connectivity index (χ0) is 12.9. The van der Waals surface area contributed by atoms with Gasteiger partial charge in [0.05, 0.1) is 11.0 Å². The van der Waals surface area contributed by atoms with Crippen molar-refractivity contribution in [3.63, 3.8) is 0 Å². The summed E-state index contributed by atoms with van der Waals surface area (Å²) in [7, 11) is 0. The van der Waals surface area contributed by atoms with Gasteiger partial charge in [-0.25, -0.2) is 4.98 Å². The van der Waals surface area contributed by atoms with Gasteiger partial charge in [0.2, 0.25) is 0 Å². The van der Waals surface area contributed by atoms with E-state index in [0.29, 0.717) is 5.92 Å². The van der Waals surface area contributed by atoms with Crippen LogP contribution in [-0.4, -0.2) is 9.55 Å². The number of hydrogen-bond acceptors (Lipinski definition) is 2. The third-order valence-electron chi connectivity index (χ3n) is 4.19. The number of imidazole rings is 1. The van der Waals surface area contributed by atoms with Gasteiger partial charge in [0.25, 0.3) is 0 Å². The summed E-state index contributed by atoms with van der Waals surface area (Å²) in [6, 6.07) is 6.08. The van der Waals surface area contributed by atoms with E-state index in [0.717, 1.165) is 11.2 Å². The lowest BCUT2D eigenvalue weighted by Crippen LogP contribution is -2.38. The lowest BCUT2D eigenvalue weighted by atomic mass is 9.78. The minimum atomic E-state index is 0.254. The molecule has 1 saturated carbocycles. The van der Waals surface area contributed by atoms with Crippen LogP contribution in [0.15, 0.2) is 18.2 Å². The highest BCUT2D eigenvalue weighted by Crippen LogP contribution is 2.42. The van der Waals surface area contributed by atoms with Crippen molar-refractivity contribution in [3.8, 4) is 0 Å². The van der Waals surface area contributed by atoms with E-state index >= 15 is 0 Å². The summed E-state index contributed by atoms with van der Waals surface area (Å²) in [5.74, 6) is 1.63. The molecule has 0 saturated heterocycles. The Kier molecular flexibility index (Phi) is 2.40. The molecule has 0 spiro atoms. The lowest BCUT2D eigenvalue weighted by molar-refractivity contribution is 0.168. The van der Waals surface area contributed by atoms with Crippen LogP contribution in [0, 0.1) is 0 Å². The zero-order valence-corrected chi connectivity index (χ0v) is 11.4. The van der Waals surface area contributed by atoms with Crippen molar-refractivity contribution in [1.82, 2.24) is 9.55 Å². The minimum absolute atomic E-state index is 0.254. The molecule has 3 rings (SSSR count). The predicted molar refractivity (Wildman–Crippen MR) is 75.7 cm³/mol. The van der Waals surface area contributed by atoms with E-state index in [1.807, 2.05) is 12.1 Å². The summed E-state index contributed by atoms with van der Waals surface area (Å²) in [6.07, 6.45) is 3.83. The molecule has 1 fully saturated rings. The third-order valence-corrected chi connectivity index (χ3v) is 4.19. The summed E-state index contributed by atoms with van der Waals surface area (Å²) in [5.41, 5.74) is 9.18. The fourth-order valence-electron chi connectivity index (χ4n) is 2.98. The highest BCUT2D eigenvalue weighted by atomic mass is 15.2. The number of nitrogen functional groups attached to an aromatic ring is 1. The maximum atomic E-state index is 5.87. The molecule has 1 aliphatic carbocycles. The molecule has 3 heteroatoms. The van der Waals surface area contributed by atoms with E-state index in [-0.39, 0.29) is 5.54 Å². The second-order valence-corrected chi connectivity index (χ2v) is 6.06. The molecule has 18 heavy (non-hydrogen) atoms. The quantitative estimate of drug-likeness (QED) is 0.818. The number of benzene rings is 1. The summed E-state index contributed by atoms with van der Waals surface area (Å²) in [5, 5.41) is 0. The van der Waals surface area contributed by atoms with Crippen LogP contribution in [0.5, 0.6) is 0 Å². The first-order valence-electron chi connectivity index (χ1n) is 6.80. The molecule has 0 bridgehead atoms. The van der Waals surface area contributed by atoms with E-state index in [9.17, 15) is 0 Å². The van der Waals surface area contributed by atoms with Crippen LogP contribution in [0.1, 0.15) is 51.8 Å². The molecule has 1 aromatic carbocycles. The molecule has 2 N–H and O–H groups in total. The first kappa shape index (κ1) is 11.6. The first-order valence-corrected chi connectivity index (χ1v) is 6.80. The predicted octanol–water partition coefficient (Wildman–Crippen LogP) is 3.64. The van der Waals surface area contributed by atoms with Gasteiger partial charge in [0, 0.05) is 17.1 Å². The van der Waals surface area contributed by atoms with Crippen LogP contribution in [0.3, 0.4) is 0 Å². The van der Waals surface area contributed by atoms with Gasteiger partial charge in [-0.1, -0.05) is 13.8 Å². The molecule has 1 aromatic heterocycles. The molecule has 96 valence electrons. The summed E-state index contributed by atoms with van der Waals surface area (Å²) >= 11 is 0. The summed E-state index contributed by atoms with van der Waals surface area (Å²) in [6.45, 7) is 6.77. The number of fused-ring (bicyclic) bond motifs is 1. The van der Waals surface area contributed by atoms with E-state index < -0.39 is 0 Å². The Labute approximate surface area is 108 Å². The van der Waals surface area contributed by atoms with Crippen molar-refractivity contribution in [2.45, 2.75) is 51.5 Å². The second kappa shape index (κ2) is 3.74. The minimum Gasteiger partial charge on any atom is -0.399 e. The molecular weight excluding hydrogens is 222 g/mol. The molecule has 0 aliphatic heterocycles. The first-order chi connectivity index (χ1) is 8.51. The van der Waals surface area contributed by atoms with Gasteiger partial charge in [-0.05, 0) is 44.4 Å². The molecule has 3 nitrogen and oxygen atoms in total. The summed E-state index contributed by atoms with van der Waals surface area (Å²) in [4.78, 5) is 4.80. The smallest absolute Gasteiger partial charge is 0.112 e. The van der Waals surface area contributed by atoms with E-state index in [4.69, 9.17) is 10.7 Å². The van der Waals surface area contributed by atoms with Crippen LogP contribution < -0.4 is 5.73 Å². The van der Waals surface area contributed by atoms with Gasteiger partial charge in [-0.2, -0.15) is 0 Å². The Bertz CT molecular complexity index is 591. The van der Waals surface area contributed by atoms with Crippen molar-refractivity contribution in [2.24, 2.45) is 0 Å². The fraction of sp³-hybridized carbons (Fsp3) is 0.533. The zero-order valence-electron chi connectivity index (χ0n) is 11.4. The van der Waals surface area contributed by atoms with Crippen molar-refractivity contribution >= 4 is 16.7 Å². The van der Waals surface area contributed by atoms with Crippen LogP contribution in [0.25, 0.3) is 11.0 Å². The standard InChI is InChI=1S/C15H21N3/c1-10(2)14-17-12-9-11(16)5-6-13(12)18(14)15(3)7-4-8-15/h5-6,9-10H,4,7-8,16H2,1-3H3. The van der Waals surface area contributed by atoms with Crippen molar-refractivity contribution in [1.29, 1.82) is 0 Å². The molecule has 1 heterocycles. The van der Waals surface area contributed by atoms with Gasteiger partial charge in [0.15, 0.2) is 0 Å².